The molecule has 204 valence electrons. The summed E-state index contributed by atoms with van der Waals surface area (Å²) >= 11 is 0.823. The largest absolute Gasteiger partial charge is 0.488 e. The molecule has 1 aliphatic heterocycles. The minimum atomic E-state index is -5.35. The molecule has 14 heteroatoms. The van der Waals surface area contributed by atoms with Gasteiger partial charge in [0.25, 0.3) is 11.5 Å². The van der Waals surface area contributed by atoms with Gasteiger partial charge in [-0.15, -0.1) is 0 Å². The molecular formula is C24H24F4N4O5S. The Labute approximate surface area is 218 Å². The number of thiazole rings is 1. The molecule has 1 aliphatic rings. The Morgan fingerprint density at radius 1 is 1.16 bits per heavy atom. The second-order valence-electron chi connectivity index (χ2n) is 8.42. The number of amides is 3. The van der Waals surface area contributed by atoms with Crippen LogP contribution in [0.1, 0.15) is 25.3 Å². The number of carbonyl (C=O) groups excluding carboxylic acids is 2. The molecule has 1 saturated heterocycles. The van der Waals surface area contributed by atoms with Crippen LogP contribution in [-0.4, -0.2) is 54.1 Å². The Morgan fingerprint density at radius 3 is 2.47 bits per heavy atom. The van der Waals surface area contributed by atoms with Gasteiger partial charge in [-0.1, -0.05) is 11.3 Å². The van der Waals surface area contributed by atoms with Gasteiger partial charge in [0.05, 0.1) is 17.9 Å². The number of urea groups is 1. The normalized spacial score (nSPS) is 16.1. The maximum Gasteiger partial charge on any atom is 0.430 e. The second-order valence-corrected chi connectivity index (χ2v) is 9.45. The number of halogens is 4. The molecule has 4 rings (SSSR count). The zero-order chi connectivity index (χ0) is 27.5. The number of rotatable bonds is 7. The van der Waals surface area contributed by atoms with E-state index in [9.17, 15) is 32.3 Å². The number of alkyl halides is 3. The lowest BCUT2D eigenvalue weighted by atomic mass is 9.91. The van der Waals surface area contributed by atoms with E-state index in [2.05, 4.69) is 15.6 Å². The number of aromatic nitrogens is 1. The Balaban J connectivity index is 1.72. The van der Waals surface area contributed by atoms with E-state index in [1.54, 1.807) is 0 Å². The van der Waals surface area contributed by atoms with Crippen molar-refractivity contribution in [3.63, 3.8) is 0 Å². The van der Waals surface area contributed by atoms with Crippen LogP contribution in [0.5, 0.6) is 5.75 Å². The average molecular weight is 557 g/mol. The maximum atomic E-state index is 14.1. The summed E-state index contributed by atoms with van der Waals surface area (Å²) in [6.45, 7) is 2.08. The lowest BCUT2D eigenvalue weighted by molar-refractivity contribution is -0.256. The Hall–Kier alpha value is -3.49. The predicted octanol–water partition coefficient (Wildman–Crippen LogP) is 4.52. The second kappa shape index (κ2) is 11.1. The summed E-state index contributed by atoms with van der Waals surface area (Å²) in [7, 11) is 0. The van der Waals surface area contributed by atoms with Crippen LogP contribution in [0.2, 0.25) is 0 Å². The molecule has 0 aliphatic carbocycles. The molecule has 1 atom stereocenters. The molecule has 9 nitrogen and oxygen atoms in total. The molecule has 0 spiro atoms. The number of nitrogens with zero attached hydrogens (tertiary/aromatic N) is 1. The molecule has 0 radical (unpaired) electrons. The molecule has 4 N–H and O–H groups in total. The molecule has 0 saturated carbocycles. The Morgan fingerprint density at radius 2 is 1.84 bits per heavy atom. The van der Waals surface area contributed by atoms with Crippen molar-refractivity contribution < 1.29 is 41.7 Å². The first-order valence-corrected chi connectivity index (χ1v) is 12.4. The van der Waals surface area contributed by atoms with Crippen LogP contribution in [0.4, 0.5) is 33.2 Å². The fraction of sp³-hybridized carbons (Fsp3) is 0.375. The van der Waals surface area contributed by atoms with E-state index in [0.29, 0.717) is 31.7 Å². The lowest BCUT2D eigenvalue weighted by Crippen LogP contribution is -2.54. The summed E-state index contributed by atoms with van der Waals surface area (Å²) in [6, 6.07) is 6.23. The minimum absolute atomic E-state index is 0.0159. The van der Waals surface area contributed by atoms with Crippen molar-refractivity contribution >= 4 is 44.3 Å². The van der Waals surface area contributed by atoms with Crippen LogP contribution in [-0.2, 0) is 15.1 Å². The molecular weight excluding hydrogens is 532 g/mol. The molecule has 1 fully saturated rings. The predicted molar refractivity (Wildman–Crippen MR) is 132 cm³/mol. The van der Waals surface area contributed by atoms with Gasteiger partial charge in [-0.25, -0.2) is 14.2 Å². The zero-order valence-electron chi connectivity index (χ0n) is 20.0. The summed E-state index contributed by atoms with van der Waals surface area (Å²) in [6.07, 6.45) is -4.80. The summed E-state index contributed by atoms with van der Waals surface area (Å²) in [5.74, 6) is -2.20. The van der Waals surface area contributed by atoms with E-state index in [1.165, 1.54) is 19.1 Å². The van der Waals surface area contributed by atoms with Crippen LogP contribution in [0.25, 0.3) is 10.2 Å². The molecule has 2 heterocycles. The number of anilines is 2. The van der Waals surface area contributed by atoms with Crippen LogP contribution in [0.3, 0.4) is 0 Å². The lowest BCUT2D eigenvalue weighted by Gasteiger charge is -2.30. The number of hydrogen-bond donors (Lipinski definition) is 4. The number of nitrogens with one attached hydrogen (secondary N) is 3. The van der Waals surface area contributed by atoms with Crippen LogP contribution >= 0.6 is 11.3 Å². The molecule has 2 aromatic carbocycles. The number of ether oxygens (including phenoxy) is 2. The number of benzene rings is 2. The first kappa shape index (κ1) is 27.5. The highest BCUT2D eigenvalue weighted by Crippen LogP contribution is 2.44. The van der Waals surface area contributed by atoms with E-state index in [0.717, 1.165) is 35.6 Å². The first-order valence-electron chi connectivity index (χ1n) is 11.6. The Kier molecular flexibility index (Phi) is 8.04. The standard InChI is InChI=1S/C24H24F4N4O5S/c1-2-29-20(33)23(35,24(26,27)28)13-11-17(37-16-7-9-36-10-8-16)19-18(12-13)38-22(31-19)32-21(34)30-15-5-3-14(25)4-6-15/h3-6,11-12,16,35H,2,7-10H2,1H3,(H,29,33)(H2,30,31,32,34). The number of hydrogen-bond acceptors (Lipinski definition) is 7. The summed E-state index contributed by atoms with van der Waals surface area (Å²) in [5.41, 5.74) is -4.17. The number of likely N-dealkylation sites (N-methyl/N-ethyl adjacent to an activating group) is 1. The van der Waals surface area contributed by atoms with Crippen LogP contribution in [0.15, 0.2) is 36.4 Å². The van der Waals surface area contributed by atoms with Gasteiger partial charge < -0.3 is 25.2 Å². The Bertz CT molecular complexity index is 1310. The van der Waals surface area contributed by atoms with Crippen molar-refractivity contribution in [2.45, 2.75) is 37.6 Å². The topological polar surface area (TPSA) is 122 Å². The number of aliphatic hydroxyl groups is 1. The summed E-state index contributed by atoms with van der Waals surface area (Å²) < 4.78 is 66.8. The fourth-order valence-electron chi connectivity index (χ4n) is 3.83. The third-order valence-corrected chi connectivity index (χ3v) is 6.66. The summed E-state index contributed by atoms with van der Waals surface area (Å²) in [5, 5.41) is 17.7. The quantitative estimate of drug-likeness (QED) is 0.318. The third-order valence-electron chi connectivity index (χ3n) is 5.74. The summed E-state index contributed by atoms with van der Waals surface area (Å²) in [4.78, 5) is 29.2. The maximum absolute atomic E-state index is 14.1. The van der Waals surface area contributed by atoms with Crippen LogP contribution in [0, 0.1) is 5.82 Å². The SMILES string of the molecule is CCNC(=O)C(O)(c1cc(OC2CCOCC2)c2nc(NC(=O)Nc3ccc(F)cc3)sc2c1)C(F)(F)F. The van der Waals surface area contributed by atoms with E-state index in [1.807, 2.05) is 5.32 Å². The molecule has 38 heavy (non-hydrogen) atoms. The first-order chi connectivity index (χ1) is 18.0. The van der Waals surface area contributed by atoms with Gasteiger partial charge in [-0.3, -0.25) is 10.1 Å². The van der Waals surface area contributed by atoms with E-state index in [4.69, 9.17) is 9.47 Å². The molecule has 3 amide bonds. The number of carbonyl (C=O) groups is 2. The minimum Gasteiger partial charge on any atom is -0.488 e. The number of fused-ring (bicyclic) bond motifs is 1. The smallest absolute Gasteiger partial charge is 0.430 e. The fourth-order valence-corrected chi connectivity index (χ4v) is 4.75. The van der Waals surface area contributed by atoms with Gasteiger partial charge in [-0.05, 0) is 43.3 Å². The van der Waals surface area contributed by atoms with E-state index >= 15 is 0 Å². The van der Waals surface area contributed by atoms with E-state index in [-0.39, 0.29) is 27.6 Å². The van der Waals surface area contributed by atoms with Gasteiger partial charge in [0, 0.05) is 30.6 Å². The van der Waals surface area contributed by atoms with Crippen molar-refractivity contribution in [1.82, 2.24) is 10.3 Å². The molecule has 1 aromatic heterocycles. The van der Waals surface area contributed by atoms with Crippen LogP contribution < -0.4 is 20.7 Å². The van der Waals surface area contributed by atoms with Gasteiger partial charge in [0.1, 0.15) is 23.2 Å². The molecule has 0 bridgehead atoms. The molecule has 1 unspecified atom stereocenters. The third kappa shape index (κ3) is 5.81. The highest BCUT2D eigenvalue weighted by molar-refractivity contribution is 7.22. The highest BCUT2D eigenvalue weighted by Gasteiger charge is 2.61. The van der Waals surface area contributed by atoms with Crippen molar-refractivity contribution in [3.05, 3.63) is 47.8 Å². The van der Waals surface area contributed by atoms with Crippen molar-refractivity contribution in [2.75, 3.05) is 30.4 Å². The van der Waals surface area contributed by atoms with Gasteiger partial charge >= 0.3 is 12.2 Å². The van der Waals surface area contributed by atoms with Crippen molar-refractivity contribution in [2.24, 2.45) is 0 Å². The van der Waals surface area contributed by atoms with E-state index < -0.39 is 41.2 Å². The highest BCUT2D eigenvalue weighted by atomic mass is 32.1. The van der Waals surface area contributed by atoms with Gasteiger partial charge in [0.2, 0.25) is 0 Å². The van der Waals surface area contributed by atoms with Crippen molar-refractivity contribution in [3.8, 4) is 5.75 Å². The zero-order valence-corrected chi connectivity index (χ0v) is 20.8. The molecule has 3 aromatic rings. The average Bonchev–Trinajstić information content (AvgIpc) is 3.27. The van der Waals surface area contributed by atoms with Gasteiger partial charge in [0.15, 0.2) is 5.13 Å². The van der Waals surface area contributed by atoms with Gasteiger partial charge in [-0.2, -0.15) is 13.2 Å². The monoisotopic (exact) mass is 556 g/mol. The van der Waals surface area contributed by atoms with Crippen molar-refractivity contribution in [1.29, 1.82) is 0 Å².